The lowest BCUT2D eigenvalue weighted by atomic mass is 10.1. The number of carbonyl (C=O) groups is 1. The van der Waals surface area contributed by atoms with Crippen molar-refractivity contribution >= 4 is 23.3 Å². The van der Waals surface area contributed by atoms with Crippen LogP contribution in [0.2, 0.25) is 5.02 Å². The molecule has 0 aliphatic carbocycles. The van der Waals surface area contributed by atoms with Gasteiger partial charge in [-0.05, 0) is 44.0 Å². The summed E-state index contributed by atoms with van der Waals surface area (Å²) in [5.74, 6) is 0.903. The molecule has 9 heteroatoms. The molecule has 0 bridgehead atoms. The van der Waals surface area contributed by atoms with E-state index in [0.717, 1.165) is 11.1 Å². The topological polar surface area (TPSA) is 97.6 Å². The molecule has 0 saturated heterocycles. The van der Waals surface area contributed by atoms with Gasteiger partial charge in [-0.3, -0.25) is 0 Å². The molecule has 0 fully saturated rings. The first kappa shape index (κ1) is 17.8. The van der Waals surface area contributed by atoms with Gasteiger partial charge in [-0.15, -0.1) is 0 Å². The van der Waals surface area contributed by atoms with Gasteiger partial charge >= 0.3 is 6.03 Å². The zero-order valence-electron chi connectivity index (χ0n) is 14.6. The normalized spacial score (nSPS) is 11.8. The Balaban J connectivity index is 1.73. The lowest BCUT2D eigenvalue weighted by Crippen LogP contribution is -2.33. The maximum absolute atomic E-state index is 12.4. The number of nitrogens with zero attached hydrogens (tertiary/aromatic N) is 5. The Morgan fingerprint density at radius 3 is 2.62 bits per heavy atom. The number of urea groups is 1. The molecular formula is C17H18ClN7O. The number of aromatic nitrogens is 5. The molecule has 2 heterocycles. The molecule has 0 radical (unpaired) electrons. The second kappa shape index (κ2) is 7.49. The van der Waals surface area contributed by atoms with Crippen LogP contribution in [0.3, 0.4) is 0 Å². The molecule has 3 aromatic rings. The largest absolute Gasteiger partial charge is 0.328 e. The van der Waals surface area contributed by atoms with Crippen LogP contribution in [-0.4, -0.2) is 30.8 Å². The number of benzene rings is 1. The van der Waals surface area contributed by atoms with E-state index in [1.165, 1.54) is 11.0 Å². The second-order valence-corrected chi connectivity index (χ2v) is 6.22. The minimum Gasteiger partial charge on any atom is -0.328 e. The maximum atomic E-state index is 12.4. The van der Waals surface area contributed by atoms with Crippen LogP contribution >= 0.6 is 11.6 Å². The average Bonchev–Trinajstić information content (AvgIpc) is 3.10. The first-order valence-electron chi connectivity index (χ1n) is 7.97. The van der Waals surface area contributed by atoms with E-state index in [1.807, 2.05) is 19.9 Å². The number of hydrogen-bond donors (Lipinski definition) is 2. The summed E-state index contributed by atoms with van der Waals surface area (Å²) in [4.78, 5) is 24.9. The highest BCUT2D eigenvalue weighted by molar-refractivity contribution is 6.31. The Labute approximate surface area is 155 Å². The van der Waals surface area contributed by atoms with Gasteiger partial charge in [0.05, 0.1) is 6.04 Å². The Bertz CT molecular complexity index is 926. The Kier molecular flexibility index (Phi) is 5.13. The van der Waals surface area contributed by atoms with Crippen LogP contribution in [-0.2, 0) is 0 Å². The van der Waals surface area contributed by atoms with Crippen LogP contribution in [0.25, 0.3) is 5.95 Å². The van der Waals surface area contributed by atoms with E-state index in [2.05, 4.69) is 30.7 Å². The van der Waals surface area contributed by atoms with Crippen molar-refractivity contribution in [3.8, 4) is 5.95 Å². The first-order chi connectivity index (χ1) is 12.5. The summed E-state index contributed by atoms with van der Waals surface area (Å²) in [6.45, 7) is 5.63. The van der Waals surface area contributed by atoms with Crippen molar-refractivity contribution in [3.63, 3.8) is 0 Å². The molecule has 2 aromatic heterocycles. The number of hydrogen-bond acceptors (Lipinski definition) is 5. The van der Waals surface area contributed by atoms with Crippen molar-refractivity contribution in [2.45, 2.75) is 26.8 Å². The van der Waals surface area contributed by atoms with Gasteiger partial charge in [0.1, 0.15) is 6.33 Å². The van der Waals surface area contributed by atoms with Crippen LogP contribution in [0.1, 0.15) is 29.9 Å². The number of nitrogens with one attached hydrogen (secondary N) is 2. The smallest absolute Gasteiger partial charge is 0.319 e. The molecule has 134 valence electrons. The van der Waals surface area contributed by atoms with Gasteiger partial charge in [-0.2, -0.15) is 9.78 Å². The van der Waals surface area contributed by atoms with Crippen LogP contribution < -0.4 is 10.6 Å². The molecule has 26 heavy (non-hydrogen) atoms. The fourth-order valence-electron chi connectivity index (χ4n) is 2.48. The number of rotatable bonds is 4. The highest BCUT2D eigenvalue weighted by atomic mass is 35.5. The van der Waals surface area contributed by atoms with Crippen LogP contribution in [0.4, 0.5) is 10.5 Å². The van der Waals surface area contributed by atoms with Crippen molar-refractivity contribution in [1.82, 2.24) is 30.0 Å². The third-order valence-electron chi connectivity index (χ3n) is 3.80. The Hall–Kier alpha value is -3.00. The molecule has 8 nitrogen and oxygen atoms in total. The molecule has 1 atom stereocenters. The van der Waals surface area contributed by atoms with Crippen LogP contribution in [0.15, 0.2) is 36.9 Å². The molecular weight excluding hydrogens is 354 g/mol. The number of aryl methyl sites for hydroxylation is 2. The Morgan fingerprint density at radius 1 is 1.15 bits per heavy atom. The fourth-order valence-corrected chi connectivity index (χ4v) is 2.64. The number of carbonyl (C=O) groups excluding carboxylic acids is 1. The molecule has 1 aromatic carbocycles. The third-order valence-corrected chi connectivity index (χ3v) is 4.21. The van der Waals surface area contributed by atoms with E-state index >= 15 is 0 Å². The molecule has 0 aliphatic rings. The summed E-state index contributed by atoms with van der Waals surface area (Å²) in [5.41, 5.74) is 2.54. The quantitative estimate of drug-likeness (QED) is 0.733. The SMILES string of the molecule is Cc1cc(C)c(NC(=O)NC(C)c2ncnn2-c2ncccn2)cc1Cl. The minimum atomic E-state index is -0.414. The van der Waals surface area contributed by atoms with Crippen molar-refractivity contribution in [1.29, 1.82) is 0 Å². The second-order valence-electron chi connectivity index (χ2n) is 5.82. The molecule has 0 spiro atoms. The van der Waals surface area contributed by atoms with E-state index in [4.69, 9.17) is 11.6 Å². The summed E-state index contributed by atoms with van der Waals surface area (Å²) in [6, 6.07) is 4.58. The van der Waals surface area contributed by atoms with E-state index in [-0.39, 0.29) is 6.03 Å². The monoisotopic (exact) mass is 371 g/mol. The summed E-state index contributed by atoms with van der Waals surface area (Å²) >= 11 is 6.14. The van der Waals surface area contributed by atoms with Crippen molar-refractivity contribution < 1.29 is 4.79 Å². The lowest BCUT2D eigenvalue weighted by molar-refractivity contribution is 0.248. The van der Waals surface area contributed by atoms with Gasteiger partial charge in [0.2, 0.25) is 0 Å². The maximum Gasteiger partial charge on any atom is 0.319 e. The van der Waals surface area contributed by atoms with Crippen LogP contribution in [0.5, 0.6) is 0 Å². The first-order valence-corrected chi connectivity index (χ1v) is 8.35. The van der Waals surface area contributed by atoms with Crippen molar-refractivity contribution in [2.24, 2.45) is 0 Å². The summed E-state index contributed by atoms with van der Waals surface area (Å²) in [5, 5.41) is 10.4. The number of halogens is 1. The zero-order chi connectivity index (χ0) is 18.7. The summed E-state index contributed by atoms with van der Waals surface area (Å²) in [7, 11) is 0. The van der Waals surface area contributed by atoms with E-state index < -0.39 is 6.04 Å². The predicted octanol–water partition coefficient (Wildman–Crippen LogP) is 3.21. The van der Waals surface area contributed by atoms with Gasteiger partial charge < -0.3 is 10.6 Å². The summed E-state index contributed by atoms with van der Waals surface area (Å²) in [6.07, 6.45) is 4.62. The molecule has 0 saturated carbocycles. The highest BCUT2D eigenvalue weighted by Crippen LogP contribution is 2.24. The van der Waals surface area contributed by atoms with Gasteiger partial charge in [0, 0.05) is 23.1 Å². The van der Waals surface area contributed by atoms with Gasteiger partial charge in [0.25, 0.3) is 5.95 Å². The van der Waals surface area contributed by atoms with Gasteiger partial charge in [0.15, 0.2) is 5.82 Å². The van der Waals surface area contributed by atoms with Gasteiger partial charge in [-0.25, -0.2) is 19.7 Å². The van der Waals surface area contributed by atoms with E-state index in [0.29, 0.717) is 22.5 Å². The van der Waals surface area contributed by atoms with Gasteiger partial charge in [-0.1, -0.05) is 17.7 Å². The molecule has 0 aliphatic heterocycles. The Morgan fingerprint density at radius 2 is 1.88 bits per heavy atom. The standard InChI is InChI=1S/C17H18ClN7O/c1-10-7-11(2)14(8-13(10)18)24-17(26)23-12(3)15-21-9-22-25(15)16-19-5-4-6-20-16/h4-9,12H,1-3H3,(H2,23,24,26). The predicted molar refractivity (Wildman–Crippen MR) is 98.4 cm³/mol. The number of amides is 2. The molecule has 1 unspecified atom stereocenters. The molecule has 3 rings (SSSR count). The third kappa shape index (κ3) is 3.80. The van der Waals surface area contributed by atoms with Crippen LogP contribution in [0, 0.1) is 13.8 Å². The minimum absolute atomic E-state index is 0.371. The van der Waals surface area contributed by atoms with Crippen molar-refractivity contribution in [3.05, 3.63) is 58.9 Å². The molecule has 2 N–H and O–H groups in total. The summed E-state index contributed by atoms with van der Waals surface area (Å²) < 4.78 is 1.49. The zero-order valence-corrected chi connectivity index (χ0v) is 15.3. The number of anilines is 1. The van der Waals surface area contributed by atoms with E-state index in [1.54, 1.807) is 31.5 Å². The molecule has 2 amide bonds. The highest BCUT2D eigenvalue weighted by Gasteiger charge is 2.18. The van der Waals surface area contributed by atoms with E-state index in [9.17, 15) is 4.79 Å². The lowest BCUT2D eigenvalue weighted by Gasteiger charge is -2.16. The fraction of sp³-hybridized carbons (Fsp3) is 0.235. The average molecular weight is 372 g/mol. The van der Waals surface area contributed by atoms with Crippen molar-refractivity contribution in [2.75, 3.05) is 5.32 Å².